The van der Waals surface area contributed by atoms with Crippen molar-refractivity contribution in [2.24, 2.45) is 0 Å². The molecule has 4 rings (SSSR count). The summed E-state index contributed by atoms with van der Waals surface area (Å²) in [5.41, 5.74) is 5.08. The Balaban J connectivity index is 1.50. The monoisotopic (exact) mass is 461 g/mol. The van der Waals surface area contributed by atoms with Gasteiger partial charge in [0.25, 0.3) is 0 Å². The molecular formula is C27H28ClN3O2. The minimum atomic E-state index is -0.252. The zero-order chi connectivity index (χ0) is 23.4. The normalized spacial score (nSPS) is 12.0. The van der Waals surface area contributed by atoms with Gasteiger partial charge in [0.2, 0.25) is 5.91 Å². The van der Waals surface area contributed by atoms with E-state index in [0.29, 0.717) is 18.2 Å². The van der Waals surface area contributed by atoms with Gasteiger partial charge in [0.1, 0.15) is 18.2 Å². The Bertz CT molecular complexity index is 1240. The molecule has 33 heavy (non-hydrogen) atoms. The highest BCUT2D eigenvalue weighted by Crippen LogP contribution is 2.24. The Labute approximate surface area is 199 Å². The number of halogens is 1. The summed E-state index contributed by atoms with van der Waals surface area (Å²) in [5.74, 6) is 1.67. The van der Waals surface area contributed by atoms with Crippen molar-refractivity contribution in [2.45, 2.75) is 39.8 Å². The number of rotatable bonds is 8. The number of imidazole rings is 1. The van der Waals surface area contributed by atoms with E-state index in [0.717, 1.165) is 39.3 Å². The van der Waals surface area contributed by atoms with E-state index in [1.165, 1.54) is 0 Å². The van der Waals surface area contributed by atoms with Gasteiger partial charge in [-0.25, -0.2) is 4.98 Å². The van der Waals surface area contributed by atoms with Crippen LogP contribution in [0.4, 0.5) is 0 Å². The quantitative estimate of drug-likeness (QED) is 0.360. The summed E-state index contributed by atoms with van der Waals surface area (Å²) in [7, 11) is 0. The topological polar surface area (TPSA) is 56.1 Å². The van der Waals surface area contributed by atoms with Gasteiger partial charge in [-0.3, -0.25) is 4.79 Å². The second-order valence-electron chi connectivity index (χ2n) is 8.27. The number of aryl methyl sites for hydroxylation is 2. The van der Waals surface area contributed by atoms with E-state index < -0.39 is 0 Å². The number of hydrogen-bond acceptors (Lipinski definition) is 3. The van der Waals surface area contributed by atoms with Gasteiger partial charge < -0.3 is 14.6 Å². The lowest BCUT2D eigenvalue weighted by atomic mass is 10.1. The third kappa shape index (κ3) is 5.37. The molecule has 0 aliphatic carbocycles. The molecule has 4 aromatic rings. The Morgan fingerprint density at radius 2 is 1.73 bits per heavy atom. The van der Waals surface area contributed by atoms with Crippen LogP contribution in [-0.2, 0) is 17.8 Å². The summed E-state index contributed by atoms with van der Waals surface area (Å²) in [5, 5.41) is 3.75. The molecule has 1 heterocycles. The van der Waals surface area contributed by atoms with Gasteiger partial charge in [0, 0.05) is 5.02 Å². The number of amides is 1. The SMILES string of the molecule is Cc1cccc(C)c1OCCn1c(C(C)NC(=O)Cc2ccc(Cl)cc2)nc2ccccc21. The Morgan fingerprint density at radius 3 is 2.45 bits per heavy atom. The second kappa shape index (κ2) is 10.1. The van der Waals surface area contributed by atoms with Gasteiger partial charge in [-0.05, 0) is 61.7 Å². The molecule has 0 aliphatic rings. The largest absolute Gasteiger partial charge is 0.491 e. The van der Waals surface area contributed by atoms with E-state index in [9.17, 15) is 4.79 Å². The van der Waals surface area contributed by atoms with E-state index in [1.54, 1.807) is 12.1 Å². The fraction of sp³-hybridized carbons (Fsp3) is 0.259. The van der Waals surface area contributed by atoms with Gasteiger partial charge in [-0.2, -0.15) is 0 Å². The van der Waals surface area contributed by atoms with Crippen LogP contribution < -0.4 is 10.1 Å². The summed E-state index contributed by atoms with van der Waals surface area (Å²) >= 11 is 5.94. The summed E-state index contributed by atoms with van der Waals surface area (Å²) in [6.07, 6.45) is 0.289. The van der Waals surface area contributed by atoms with E-state index in [1.807, 2.05) is 49.4 Å². The molecule has 0 saturated heterocycles. The number of nitrogens with one attached hydrogen (secondary N) is 1. The van der Waals surface area contributed by atoms with Crippen LogP contribution >= 0.6 is 11.6 Å². The number of benzene rings is 3. The van der Waals surface area contributed by atoms with Crippen LogP contribution in [0.2, 0.25) is 5.02 Å². The molecule has 5 nitrogen and oxygen atoms in total. The minimum absolute atomic E-state index is 0.0600. The molecule has 1 unspecified atom stereocenters. The predicted molar refractivity (Wildman–Crippen MR) is 133 cm³/mol. The maximum atomic E-state index is 12.7. The van der Waals surface area contributed by atoms with Gasteiger partial charge in [0.05, 0.1) is 30.0 Å². The van der Waals surface area contributed by atoms with Crippen molar-refractivity contribution in [3.8, 4) is 5.75 Å². The lowest BCUT2D eigenvalue weighted by Crippen LogP contribution is -2.30. The average molecular weight is 462 g/mol. The first-order valence-corrected chi connectivity index (χ1v) is 11.5. The number of ether oxygens (including phenoxy) is 1. The maximum Gasteiger partial charge on any atom is 0.224 e. The van der Waals surface area contributed by atoms with E-state index in [-0.39, 0.29) is 18.4 Å². The summed E-state index contributed by atoms with van der Waals surface area (Å²) in [6.45, 7) is 7.20. The van der Waals surface area contributed by atoms with Gasteiger partial charge in [-0.15, -0.1) is 0 Å². The maximum absolute atomic E-state index is 12.7. The number of nitrogens with zero attached hydrogens (tertiary/aromatic N) is 2. The van der Waals surface area contributed by atoms with Gasteiger partial charge in [-0.1, -0.05) is 54.1 Å². The fourth-order valence-corrected chi connectivity index (χ4v) is 4.20. The zero-order valence-electron chi connectivity index (χ0n) is 19.1. The highest BCUT2D eigenvalue weighted by atomic mass is 35.5. The summed E-state index contributed by atoms with van der Waals surface area (Å²) in [6, 6.07) is 21.2. The first-order chi connectivity index (χ1) is 15.9. The lowest BCUT2D eigenvalue weighted by molar-refractivity contribution is -0.121. The number of para-hydroxylation sites is 3. The Kier molecular flexibility index (Phi) is 6.99. The Hall–Kier alpha value is -3.31. The number of carbonyl (C=O) groups is 1. The van der Waals surface area contributed by atoms with E-state index in [4.69, 9.17) is 21.3 Å². The van der Waals surface area contributed by atoms with Crippen LogP contribution in [0.3, 0.4) is 0 Å². The molecular weight excluding hydrogens is 434 g/mol. The van der Waals surface area contributed by atoms with E-state index >= 15 is 0 Å². The second-order valence-corrected chi connectivity index (χ2v) is 8.71. The van der Waals surface area contributed by atoms with Crippen molar-refractivity contribution in [1.29, 1.82) is 0 Å². The molecule has 0 spiro atoms. The van der Waals surface area contributed by atoms with Crippen molar-refractivity contribution < 1.29 is 9.53 Å². The molecule has 6 heteroatoms. The van der Waals surface area contributed by atoms with Crippen molar-refractivity contribution in [2.75, 3.05) is 6.61 Å². The van der Waals surface area contributed by atoms with Crippen LogP contribution in [0.15, 0.2) is 66.7 Å². The molecule has 0 fully saturated rings. The molecule has 1 aromatic heterocycles. The number of carbonyl (C=O) groups excluding carboxylic acids is 1. The van der Waals surface area contributed by atoms with Crippen LogP contribution in [0.5, 0.6) is 5.75 Å². The molecule has 3 aromatic carbocycles. The smallest absolute Gasteiger partial charge is 0.224 e. The summed E-state index contributed by atoms with van der Waals surface area (Å²) in [4.78, 5) is 17.5. The van der Waals surface area contributed by atoms with Crippen molar-refractivity contribution in [3.63, 3.8) is 0 Å². The molecule has 170 valence electrons. The van der Waals surface area contributed by atoms with Crippen molar-refractivity contribution in [1.82, 2.24) is 14.9 Å². The van der Waals surface area contributed by atoms with Crippen LogP contribution in [-0.4, -0.2) is 22.1 Å². The lowest BCUT2D eigenvalue weighted by Gasteiger charge is -2.18. The fourth-order valence-electron chi connectivity index (χ4n) is 4.07. The van der Waals surface area contributed by atoms with Crippen LogP contribution in [0, 0.1) is 13.8 Å². The standard InChI is InChI=1S/C27H28ClN3O2/c1-18-7-6-8-19(2)26(18)33-16-15-31-24-10-5-4-9-23(24)30-27(31)20(3)29-25(32)17-21-11-13-22(28)14-12-21/h4-14,20H,15-17H2,1-3H3,(H,29,32). The molecule has 0 aliphatic heterocycles. The van der Waals surface area contributed by atoms with Gasteiger partial charge in [0.15, 0.2) is 0 Å². The first-order valence-electron chi connectivity index (χ1n) is 11.1. The van der Waals surface area contributed by atoms with Crippen molar-refractivity contribution >= 4 is 28.5 Å². The summed E-state index contributed by atoms with van der Waals surface area (Å²) < 4.78 is 8.28. The molecule has 1 atom stereocenters. The third-order valence-corrected chi connectivity index (χ3v) is 5.95. The zero-order valence-corrected chi connectivity index (χ0v) is 19.9. The van der Waals surface area contributed by atoms with Gasteiger partial charge >= 0.3 is 0 Å². The third-order valence-electron chi connectivity index (χ3n) is 5.70. The highest BCUT2D eigenvalue weighted by molar-refractivity contribution is 6.30. The van der Waals surface area contributed by atoms with Crippen LogP contribution in [0.25, 0.3) is 11.0 Å². The molecule has 0 saturated carbocycles. The number of aromatic nitrogens is 2. The molecule has 1 amide bonds. The molecule has 0 bridgehead atoms. The van der Waals surface area contributed by atoms with Crippen molar-refractivity contribution in [3.05, 3.63) is 94.3 Å². The van der Waals surface area contributed by atoms with Crippen LogP contribution in [0.1, 0.15) is 35.5 Å². The average Bonchev–Trinajstić information content (AvgIpc) is 3.16. The number of fused-ring (bicyclic) bond motifs is 1. The minimum Gasteiger partial charge on any atom is -0.491 e. The van der Waals surface area contributed by atoms with E-state index in [2.05, 4.69) is 35.9 Å². The predicted octanol–water partition coefficient (Wildman–Crippen LogP) is 5.81. The Morgan fingerprint density at radius 1 is 1.03 bits per heavy atom. The molecule has 0 radical (unpaired) electrons. The first kappa shape index (κ1) is 22.9. The molecule has 1 N–H and O–H groups in total. The highest BCUT2D eigenvalue weighted by Gasteiger charge is 2.19. The number of hydrogen-bond donors (Lipinski definition) is 1.